The molecule has 1 heterocycles. The molecule has 0 spiro atoms. The van der Waals surface area contributed by atoms with Gasteiger partial charge in [-0.05, 0) is 49.7 Å². The number of aryl methyl sites for hydroxylation is 2. The number of aliphatic imine (C=N–C) groups is 1. The van der Waals surface area contributed by atoms with E-state index >= 15 is 0 Å². The smallest absolute Gasteiger partial charge is 0.257 e. The summed E-state index contributed by atoms with van der Waals surface area (Å²) in [5.41, 5.74) is 3.81. The third-order valence-corrected chi connectivity index (χ3v) is 4.64. The first-order valence-electron chi connectivity index (χ1n) is 10.5. The van der Waals surface area contributed by atoms with Crippen molar-refractivity contribution in [1.82, 2.24) is 15.1 Å². The summed E-state index contributed by atoms with van der Waals surface area (Å²) in [6.45, 7) is 6.73. The number of nitrogens with zero attached hydrogens (tertiary/aromatic N) is 3. The molecule has 0 bridgehead atoms. The zero-order valence-electron chi connectivity index (χ0n) is 18.6. The minimum Gasteiger partial charge on any atom is -0.326 e. The summed E-state index contributed by atoms with van der Waals surface area (Å²) in [6, 6.07) is 16.2. The average molecular weight is 433 g/mol. The SMILES string of the molecule is CCCn1cc(CN=C(NC(=O)c2ccc(NC(C)=O)cc2)Nc2ccccc2)c(C)n1. The number of anilines is 2. The second kappa shape index (κ2) is 10.9. The molecular formula is C24H28N6O2. The number of para-hydroxylation sites is 1. The van der Waals surface area contributed by atoms with Gasteiger partial charge in [0.2, 0.25) is 11.9 Å². The quantitative estimate of drug-likeness (QED) is 0.389. The predicted octanol–water partition coefficient (Wildman–Crippen LogP) is 3.96. The number of guanidine groups is 1. The molecule has 1 aromatic heterocycles. The van der Waals surface area contributed by atoms with Crippen molar-refractivity contribution in [3.8, 4) is 0 Å². The molecule has 2 amide bonds. The zero-order chi connectivity index (χ0) is 22.9. The van der Waals surface area contributed by atoms with Gasteiger partial charge in [-0.15, -0.1) is 0 Å². The molecule has 0 aliphatic heterocycles. The lowest BCUT2D eigenvalue weighted by Crippen LogP contribution is -2.36. The average Bonchev–Trinajstić information content (AvgIpc) is 3.12. The maximum Gasteiger partial charge on any atom is 0.257 e. The van der Waals surface area contributed by atoms with Gasteiger partial charge in [-0.1, -0.05) is 25.1 Å². The van der Waals surface area contributed by atoms with Gasteiger partial charge < -0.3 is 10.6 Å². The van der Waals surface area contributed by atoms with Crippen LogP contribution in [0.5, 0.6) is 0 Å². The molecule has 0 unspecified atom stereocenters. The minimum atomic E-state index is -0.306. The molecule has 0 saturated heterocycles. The third-order valence-electron chi connectivity index (χ3n) is 4.64. The molecule has 2 aromatic carbocycles. The highest BCUT2D eigenvalue weighted by Crippen LogP contribution is 2.11. The lowest BCUT2D eigenvalue weighted by Gasteiger charge is -2.12. The van der Waals surface area contributed by atoms with E-state index in [4.69, 9.17) is 0 Å². The zero-order valence-corrected chi connectivity index (χ0v) is 18.6. The summed E-state index contributed by atoms with van der Waals surface area (Å²) in [5, 5.41) is 13.2. The Bertz CT molecular complexity index is 1090. The van der Waals surface area contributed by atoms with Crippen molar-refractivity contribution >= 4 is 29.1 Å². The fourth-order valence-electron chi connectivity index (χ4n) is 3.08. The second-order valence-electron chi connectivity index (χ2n) is 7.37. The number of hydrogen-bond acceptors (Lipinski definition) is 4. The van der Waals surface area contributed by atoms with Gasteiger partial charge in [-0.3, -0.25) is 19.6 Å². The Balaban J connectivity index is 1.77. The summed E-state index contributed by atoms with van der Waals surface area (Å²) in [7, 11) is 0. The van der Waals surface area contributed by atoms with Gasteiger partial charge in [0.15, 0.2) is 0 Å². The molecule has 0 aliphatic rings. The van der Waals surface area contributed by atoms with Crippen LogP contribution < -0.4 is 16.0 Å². The Morgan fingerprint density at radius 3 is 2.34 bits per heavy atom. The van der Waals surface area contributed by atoms with Crippen molar-refractivity contribution in [3.05, 3.63) is 77.6 Å². The predicted molar refractivity (Wildman–Crippen MR) is 127 cm³/mol. The number of carbonyl (C=O) groups is 2. The van der Waals surface area contributed by atoms with E-state index in [0.29, 0.717) is 23.8 Å². The van der Waals surface area contributed by atoms with Gasteiger partial charge in [0.05, 0.1) is 12.2 Å². The Kier molecular flexibility index (Phi) is 7.75. The van der Waals surface area contributed by atoms with Gasteiger partial charge in [-0.2, -0.15) is 5.10 Å². The summed E-state index contributed by atoms with van der Waals surface area (Å²) < 4.78 is 1.92. The maximum atomic E-state index is 12.8. The fraction of sp³-hybridized carbons (Fsp3) is 0.250. The highest BCUT2D eigenvalue weighted by molar-refractivity contribution is 6.10. The second-order valence-corrected chi connectivity index (χ2v) is 7.37. The lowest BCUT2D eigenvalue weighted by molar-refractivity contribution is -0.114. The topological polar surface area (TPSA) is 100 Å². The first kappa shape index (κ1) is 22.7. The Morgan fingerprint density at radius 2 is 1.69 bits per heavy atom. The van der Waals surface area contributed by atoms with E-state index in [-0.39, 0.29) is 11.8 Å². The number of hydrogen-bond donors (Lipinski definition) is 3. The van der Waals surface area contributed by atoms with Crippen LogP contribution in [0, 0.1) is 6.92 Å². The molecule has 32 heavy (non-hydrogen) atoms. The van der Waals surface area contributed by atoms with E-state index in [1.165, 1.54) is 6.92 Å². The largest absolute Gasteiger partial charge is 0.326 e. The molecule has 0 atom stereocenters. The molecule has 3 aromatic rings. The van der Waals surface area contributed by atoms with Crippen molar-refractivity contribution in [2.45, 2.75) is 40.3 Å². The summed E-state index contributed by atoms with van der Waals surface area (Å²) in [6.07, 6.45) is 2.99. The molecule has 0 fully saturated rings. The first-order valence-corrected chi connectivity index (χ1v) is 10.5. The van der Waals surface area contributed by atoms with Crippen molar-refractivity contribution in [2.24, 2.45) is 4.99 Å². The van der Waals surface area contributed by atoms with Crippen LogP contribution >= 0.6 is 0 Å². The molecule has 0 radical (unpaired) electrons. The number of aromatic nitrogens is 2. The van der Waals surface area contributed by atoms with Gasteiger partial charge >= 0.3 is 0 Å². The van der Waals surface area contributed by atoms with Crippen molar-refractivity contribution in [2.75, 3.05) is 10.6 Å². The normalized spacial score (nSPS) is 11.2. The molecule has 3 N–H and O–H groups in total. The first-order chi connectivity index (χ1) is 15.4. The number of rotatable bonds is 7. The molecular weight excluding hydrogens is 404 g/mol. The van der Waals surface area contributed by atoms with Gasteiger partial charge in [-0.25, -0.2) is 4.99 Å². The highest BCUT2D eigenvalue weighted by atomic mass is 16.2. The van der Waals surface area contributed by atoms with Crippen molar-refractivity contribution in [1.29, 1.82) is 0 Å². The monoisotopic (exact) mass is 432 g/mol. The molecule has 8 heteroatoms. The van der Waals surface area contributed by atoms with Crippen LogP contribution in [-0.2, 0) is 17.9 Å². The molecule has 3 rings (SSSR count). The highest BCUT2D eigenvalue weighted by Gasteiger charge is 2.11. The van der Waals surface area contributed by atoms with Crippen LogP contribution in [0.1, 0.15) is 41.9 Å². The fourth-order valence-corrected chi connectivity index (χ4v) is 3.08. The third kappa shape index (κ3) is 6.53. The molecule has 0 aliphatic carbocycles. The number of carbonyl (C=O) groups excluding carboxylic acids is 2. The van der Waals surface area contributed by atoms with E-state index in [1.807, 2.05) is 48.1 Å². The van der Waals surface area contributed by atoms with Crippen LogP contribution in [0.3, 0.4) is 0 Å². The van der Waals surface area contributed by atoms with Crippen molar-refractivity contribution < 1.29 is 9.59 Å². The van der Waals surface area contributed by atoms with Gasteiger partial charge in [0, 0.05) is 42.2 Å². The van der Waals surface area contributed by atoms with E-state index < -0.39 is 0 Å². The summed E-state index contributed by atoms with van der Waals surface area (Å²) >= 11 is 0. The van der Waals surface area contributed by atoms with E-state index in [2.05, 4.69) is 33.0 Å². The van der Waals surface area contributed by atoms with Crippen LogP contribution in [0.25, 0.3) is 0 Å². The van der Waals surface area contributed by atoms with Crippen LogP contribution in [0.15, 0.2) is 65.8 Å². The van der Waals surface area contributed by atoms with Crippen molar-refractivity contribution in [3.63, 3.8) is 0 Å². The minimum absolute atomic E-state index is 0.166. The number of amides is 2. The van der Waals surface area contributed by atoms with Crippen LogP contribution in [0.2, 0.25) is 0 Å². The van der Waals surface area contributed by atoms with E-state index in [9.17, 15) is 9.59 Å². The number of nitrogens with one attached hydrogen (secondary N) is 3. The Hall–Kier alpha value is -3.94. The van der Waals surface area contributed by atoms with E-state index in [0.717, 1.165) is 29.9 Å². The molecule has 8 nitrogen and oxygen atoms in total. The van der Waals surface area contributed by atoms with Crippen LogP contribution in [0.4, 0.5) is 11.4 Å². The Morgan fingerprint density at radius 1 is 1.00 bits per heavy atom. The van der Waals surface area contributed by atoms with Gasteiger partial charge in [0.1, 0.15) is 0 Å². The summed E-state index contributed by atoms with van der Waals surface area (Å²) in [4.78, 5) is 28.6. The summed E-state index contributed by atoms with van der Waals surface area (Å²) in [5.74, 6) is -0.129. The standard InChI is InChI=1S/C24H28N6O2/c1-4-14-30-16-20(17(2)29-30)15-25-24(27-21-8-6-5-7-9-21)28-23(32)19-10-12-22(13-11-19)26-18(3)31/h5-13,16H,4,14-15H2,1-3H3,(H,26,31)(H2,25,27,28,32). The van der Waals surface area contributed by atoms with Gasteiger partial charge in [0.25, 0.3) is 5.91 Å². The number of benzene rings is 2. The van der Waals surface area contributed by atoms with Crippen LogP contribution in [-0.4, -0.2) is 27.6 Å². The maximum absolute atomic E-state index is 12.8. The van der Waals surface area contributed by atoms with E-state index in [1.54, 1.807) is 24.3 Å². The molecule has 166 valence electrons. The Labute approximate surface area is 187 Å². The molecule has 0 saturated carbocycles. The lowest BCUT2D eigenvalue weighted by atomic mass is 10.2.